The minimum Gasteiger partial charge on any atom is -0.444 e. The van der Waals surface area contributed by atoms with Crippen LogP contribution in [0.15, 0.2) is 12.3 Å². The second-order valence-electron chi connectivity index (χ2n) is 11.0. The molecule has 0 aliphatic heterocycles. The summed E-state index contributed by atoms with van der Waals surface area (Å²) in [6, 6.07) is 0.914. The highest BCUT2D eigenvalue weighted by Gasteiger charge is 2.58. The number of aromatic nitrogens is 5. The van der Waals surface area contributed by atoms with E-state index < -0.39 is 40.8 Å². The molecule has 182 valence electrons. The summed E-state index contributed by atoms with van der Waals surface area (Å²) in [6.07, 6.45) is 2.55. The number of nitrogens with zero attached hydrogens (tertiary/aromatic N) is 6. The number of hydrogen-bond acceptors (Lipinski definition) is 7. The van der Waals surface area contributed by atoms with E-state index in [4.69, 9.17) is 4.74 Å². The Morgan fingerprint density at radius 1 is 1.27 bits per heavy atom. The van der Waals surface area contributed by atoms with Crippen molar-refractivity contribution in [3.63, 3.8) is 0 Å². The van der Waals surface area contributed by atoms with Gasteiger partial charge in [-0.2, -0.15) is 4.39 Å². The fraction of sp³-hybridized carbons (Fsp3) is 0.696. The maximum atomic E-state index is 14.6. The van der Waals surface area contributed by atoms with Gasteiger partial charge in [0.15, 0.2) is 5.82 Å². The number of halogens is 1. The first-order chi connectivity index (χ1) is 15.2. The Bertz CT molecular complexity index is 1000. The fourth-order valence-corrected chi connectivity index (χ4v) is 4.00. The zero-order valence-electron chi connectivity index (χ0n) is 21.1. The second-order valence-corrected chi connectivity index (χ2v) is 11.0. The molecular formula is C23H36FN7O2. The molecule has 1 amide bonds. The summed E-state index contributed by atoms with van der Waals surface area (Å²) < 4.78 is 22.0. The van der Waals surface area contributed by atoms with Crippen LogP contribution in [0.4, 0.5) is 9.18 Å². The molecule has 0 saturated heterocycles. The third-order valence-corrected chi connectivity index (χ3v) is 5.91. The number of pyridine rings is 1. The van der Waals surface area contributed by atoms with Crippen LogP contribution in [0, 0.1) is 12.9 Å². The van der Waals surface area contributed by atoms with E-state index in [0.29, 0.717) is 11.4 Å². The molecule has 9 nitrogen and oxygen atoms in total. The highest BCUT2D eigenvalue weighted by Crippen LogP contribution is 2.51. The average Bonchev–Trinajstić information content (AvgIpc) is 3.32. The van der Waals surface area contributed by atoms with Gasteiger partial charge in [-0.25, -0.2) is 14.5 Å². The van der Waals surface area contributed by atoms with E-state index in [2.05, 4.69) is 25.8 Å². The van der Waals surface area contributed by atoms with Crippen LogP contribution in [0.2, 0.25) is 0 Å². The summed E-state index contributed by atoms with van der Waals surface area (Å²) in [5.74, 6) is 0.0587. The molecular weight excluding hydrogens is 425 g/mol. The summed E-state index contributed by atoms with van der Waals surface area (Å²) in [5, 5.41) is 16.0. The van der Waals surface area contributed by atoms with Gasteiger partial charge in [0.05, 0.1) is 17.1 Å². The Morgan fingerprint density at radius 2 is 1.91 bits per heavy atom. The monoisotopic (exact) mass is 461 g/mol. The van der Waals surface area contributed by atoms with Gasteiger partial charge in [-0.1, -0.05) is 0 Å². The third kappa shape index (κ3) is 5.31. The first kappa shape index (κ1) is 25.0. The van der Waals surface area contributed by atoms with Gasteiger partial charge in [-0.15, -0.1) is 5.10 Å². The van der Waals surface area contributed by atoms with Crippen LogP contribution < -0.4 is 5.32 Å². The highest BCUT2D eigenvalue weighted by molar-refractivity contribution is 5.69. The zero-order valence-corrected chi connectivity index (χ0v) is 21.1. The number of tetrazole rings is 1. The van der Waals surface area contributed by atoms with Gasteiger partial charge in [0, 0.05) is 24.8 Å². The summed E-state index contributed by atoms with van der Waals surface area (Å²) in [7, 11) is 1.74. The molecule has 1 N–H and O–H groups in total. The van der Waals surface area contributed by atoms with Crippen LogP contribution in [0.1, 0.15) is 90.3 Å². The van der Waals surface area contributed by atoms with Crippen molar-refractivity contribution >= 4 is 6.09 Å². The molecule has 1 aliphatic carbocycles. The van der Waals surface area contributed by atoms with Crippen LogP contribution >= 0.6 is 0 Å². The molecule has 2 unspecified atom stereocenters. The maximum absolute atomic E-state index is 14.6. The summed E-state index contributed by atoms with van der Waals surface area (Å²) in [5.41, 5.74) is -0.310. The molecule has 0 bridgehead atoms. The molecule has 0 radical (unpaired) electrons. The molecule has 1 saturated carbocycles. The average molecular weight is 462 g/mol. The maximum Gasteiger partial charge on any atom is 0.410 e. The number of ether oxygens (including phenoxy) is 1. The lowest BCUT2D eigenvalue weighted by atomic mass is 9.99. The number of likely N-dealkylation sites (N-methyl/N-ethyl adjacent to an activating group) is 1. The second kappa shape index (κ2) is 8.62. The van der Waals surface area contributed by atoms with Gasteiger partial charge >= 0.3 is 6.09 Å². The normalized spacial score (nSPS) is 17.4. The number of nitrogens with one attached hydrogen (secondary N) is 1. The van der Waals surface area contributed by atoms with Gasteiger partial charge in [-0.3, -0.25) is 5.32 Å². The SMILES string of the molecule is Cc1cnc(F)c(C(C)NC(c2nnnn2C(C)(C)C)C2(N(C)C(=O)OC(C)(C)C)CC2)c1. The van der Waals surface area contributed by atoms with Crippen LogP contribution in [0.3, 0.4) is 0 Å². The Labute approximate surface area is 195 Å². The van der Waals surface area contributed by atoms with Gasteiger partial charge in [-0.05, 0) is 90.3 Å². The number of aryl methyl sites for hydroxylation is 1. The van der Waals surface area contributed by atoms with Crippen LogP contribution in [0.25, 0.3) is 0 Å². The standard InChI is InChI=1S/C23H36FN7O2/c1-14-12-16(18(24)25-13-14)15(2)26-17(19-27-28-29-31(19)21(3,4)5)23(10-11-23)30(9)20(32)33-22(6,7)8/h12-13,15,17,26H,10-11H2,1-9H3. The molecule has 1 fully saturated rings. The Morgan fingerprint density at radius 3 is 2.45 bits per heavy atom. The predicted molar refractivity (Wildman–Crippen MR) is 122 cm³/mol. The highest BCUT2D eigenvalue weighted by atomic mass is 19.1. The van der Waals surface area contributed by atoms with Crippen molar-refractivity contribution < 1.29 is 13.9 Å². The number of rotatable bonds is 6. The molecule has 2 atom stereocenters. The lowest BCUT2D eigenvalue weighted by Crippen LogP contribution is -2.51. The summed E-state index contributed by atoms with van der Waals surface area (Å²) in [4.78, 5) is 18.5. The van der Waals surface area contributed by atoms with E-state index in [1.54, 1.807) is 22.7 Å². The molecule has 2 heterocycles. The van der Waals surface area contributed by atoms with E-state index >= 15 is 0 Å². The van der Waals surface area contributed by atoms with Gasteiger partial charge < -0.3 is 9.64 Å². The van der Waals surface area contributed by atoms with Crippen LogP contribution in [-0.2, 0) is 10.3 Å². The van der Waals surface area contributed by atoms with Crippen molar-refractivity contribution in [3.8, 4) is 0 Å². The molecule has 2 aromatic heterocycles. The first-order valence-electron chi connectivity index (χ1n) is 11.3. The number of carbonyl (C=O) groups is 1. The Kier molecular flexibility index (Phi) is 6.54. The van der Waals surface area contributed by atoms with E-state index in [1.807, 2.05) is 55.4 Å². The van der Waals surface area contributed by atoms with Crippen molar-refractivity contribution in [1.82, 2.24) is 35.4 Å². The summed E-state index contributed by atoms with van der Waals surface area (Å²) >= 11 is 0. The van der Waals surface area contributed by atoms with Crippen molar-refractivity contribution in [1.29, 1.82) is 0 Å². The predicted octanol–water partition coefficient (Wildman–Crippen LogP) is 4.06. The number of hydrogen-bond donors (Lipinski definition) is 1. The quantitative estimate of drug-likeness (QED) is 0.648. The smallest absolute Gasteiger partial charge is 0.410 e. The number of carbonyl (C=O) groups excluding carboxylic acids is 1. The molecule has 3 rings (SSSR count). The Balaban J connectivity index is 2.03. The fourth-order valence-electron chi connectivity index (χ4n) is 4.00. The van der Waals surface area contributed by atoms with E-state index in [0.717, 1.165) is 18.4 Å². The Hall–Kier alpha value is -2.62. The van der Waals surface area contributed by atoms with Crippen molar-refractivity contribution in [2.75, 3.05) is 7.05 Å². The lowest BCUT2D eigenvalue weighted by Gasteiger charge is -2.38. The van der Waals surface area contributed by atoms with E-state index in [-0.39, 0.29) is 0 Å². The molecule has 0 aromatic carbocycles. The largest absolute Gasteiger partial charge is 0.444 e. The van der Waals surface area contributed by atoms with Crippen LogP contribution in [-0.4, -0.2) is 54.4 Å². The third-order valence-electron chi connectivity index (χ3n) is 5.91. The van der Waals surface area contributed by atoms with Crippen molar-refractivity contribution in [2.45, 2.75) is 97.0 Å². The van der Waals surface area contributed by atoms with Crippen molar-refractivity contribution in [2.24, 2.45) is 0 Å². The summed E-state index contributed by atoms with van der Waals surface area (Å²) in [6.45, 7) is 15.3. The molecule has 2 aromatic rings. The molecule has 10 heteroatoms. The molecule has 33 heavy (non-hydrogen) atoms. The number of amides is 1. The molecule has 1 aliphatic rings. The van der Waals surface area contributed by atoms with Crippen LogP contribution in [0.5, 0.6) is 0 Å². The van der Waals surface area contributed by atoms with E-state index in [9.17, 15) is 9.18 Å². The molecule has 0 spiro atoms. The minimum atomic E-state index is -0.624. The first-order valence-corrected chi connectivity index (χ1v) is 11.3. The topological polar surface area (TPSA) is 98.1 Å². The lowest BCUT2D eigenvalue weighted by molar-refractivity contribution is 0.0135. The minimum absolute atomic E-state index is 0.390. The van der Waals surface area contributed by atoms with E-state index in [1.165, 1.54) is 6.20 Å². The van der Waals surface area contributed by atoms with Gasteiger partial charge in [0.2, 0.25) is 5.95 Å². The van der Waals surface area contributed by atoms with Gasteiger partial charge in [0.25, 0.3) is 0 Å². The van der Waals surface area contributed by atoms with Gasteiger partial charge in [0.1, 0.15) is 5.60 Å². The van der Waals surface area contributed by atoms with Crippen molar-refractivity contribution in [3.05, 3.63) is 35.2 Å². The zero-order chi connectivity index (χ0) is 24.8.